The van der Waals surface area contributed by atoms with E-state index in [4.69, 9.17) is 16.3 Å². The maximum atomic E-state index is 6.80. The molecular weight excluding hydrogens is 589 g/mol. The zero-order valence-corrected chi connectivity index (χ0v) is 24.8. The quantitative estimate of drug-likeness (QED) is 0.166. The Morgan fingerprint density at radius 3 is 1.83 bits per heavy atom. The highest BCUT2D eigenvalue weighted by atomic mass is 79.9. The average Bonchev–Trinajstić information content (AvgIpc) is 2.98. The number of para-hydroxylation sites is 1. The van der Waals surface area contributed by atoms with E-state index in [0.29, 0.717) is 10.8 Å². The van der Waals surface area contributed by atoms with Crippen molar-refractivity contribution in [2.24, 2.45) is 0 Å². The van der Waals surface area contributed by atoms with Gasteiger partial charge in [-0.3, -0.25) is 0 Å². The summed E-state index contributed by atoms with van der Waals surface area (Å²) in [5.41, 5.74) is 8.51. The van der Waals surface area contributed by atoms with Crippen molar-refractivity contribution in [1.29, 1.82) is 0 Å². The Balaban J connectivity index is 1.62. The highest BCUT2D eigenvalue weighted by molar-refractivity contribution is 9.10. The maximum Gasteiger partial charge on any atom is 0.139 e. The second-order valence-electron chi connectivity index (χ2n) is 9.81. The number of ether oxygens (including phenoxy) is 1. The van der Waals surface area contributed by atoms with Crippen LogP contribution in [0.4, 0.5) is 17.1 Å². The highest BCUT2D eigenvalue weighted by Crippen LogP contribution is 2.48. The lowest BCUT2D eigenvalue weighted by Gasteiger charge is -2.31. The highest BCUT2D eigenvalue weighted by Gasteiger charge is 2.23. The molecule has 0 atom stereocenters. The lowest BCUT2D eigenvalue weighted by Crippen LogP contribution is -2.13. The molecule has 0 fully saturated rings. The number of benzene rings is 6. The van der Waals surface area contributed by atoms with E-state index in [1.165, 1.54) is 0 Å². The second kappa shape index (κ2) is 12.1. The molecule has 0 spiro atoms. The molecule has 0 saturated carbocycles. The zero-order chi connectivity index (χ0) is 28.2. The van der Waals surface area contributed by atoms with Gasteiger partial charge in [0.15, 0.2) is 0 Å². The normalized spacial score (nSPS) is 10.8. The Bertz CT molecular complexity index is 1750. The lowest BCUT2D eigenvalue weighted by atomic mass is 9.94. The monoisotopic (exact) mass is 613 g/mol. The first-order valence-electron chi connectivity index (χ1n) is 13.4. The minimum atomic E-state index is 0.587. The smallest absolute Gasteiger partial charge is 0.139 e. The lowest BCUT2D eigenvalue weighted by molar-refractivity contribution is 0.483. The summed E-state index contributed by atoms with van der Waals surface area (Å²) in [4.78, 5) is 2.27. The van der Waals surface area contributed by atoms with Crippen molar-refractivity contribution in [2.75, 3.05) is 4.90 Å². The van der Waals surface area contributed by atoms with Crippen molar-refractivity contribution in [1.82, 2.24) is 0 Å². The van der Waals surface area contributed by atoms with Gasteiger partial charge in [-0.1, -0.05) is 130 Å². The van der Waals surface area contributed by atoms with Crippen LogP contribution in [0.1, 0.15) is 0 Å². The molecule has 2 nitrogen and oxygen atoms in total. The number of rotatable bonds is 7. The van der Waals surface area contributed by atoms with Crippen LogP contribution >= 0.6 is 27.5 Å². The number of halogens is 2. The van der Waals surface area contributed by atoms with Crippen LogP contribution < -0.4 is 15.1 Å². The van der Waals surface area contributed by atoms with Gasteiger partial charge < -0.3 is 9.64 Å². The molecule has 6 aromatic carbocycles. The van der Waals surface area contributed by atoms with Gasteiger partial charge >= 0.3 is 0 Å². The van der Waals surface area contributed by atoms with E-state index in [1.54, 1.807) is 0 Å². The van der Waals surface area contributed by atoms with Crippen molar-refractivity contribution < 1.29 is 4.74 Å². The van der Waals surface area contributed by atoms with Gasteiger partial charge in [-0.05, 0) is 53.6 Å². The first-order valence-corrected chi connectivity index (χ1v) is 14.6. The van der Waals surface area contributed by atoms with E-state index in [1.807, 2.05) is 54.6 Å². The Kier molecular flexibility index (Phi) is 7.95. The minimum Gasteiger partial charge on any atom is -0.457 e. The summed E-state index contributed by atoms with van der Waals surface area (Å²) in [5, 5.41) is 0.587. The van der Waals surface area contributed by atoms with Crippen LogP contribution in [-0.2, 0) is 0 Å². The van der Waals surface area contributed by atoms with E-state index < -0.39 is 0 Å². The van der Waals surface area contributed by atoms with Crippen molar-refractivity contribution in [3.05, 3.63) is 155 Å². The second-order valence-corrected chi connectivity index (χ2v) is 11.2. The van der Waals surface area contributed by atoms with Gasteiger partial charge in [0.05, 0.1) is 11.4 Å². The van der Waals surface area contributed by atoms with Crippen LogP contribution in [0, 0.1) is 0 Å². The van der Waals surface area contributed by atoms with Crippen LogP contribution in [-0.4, -0.2) is 7.85 Å². The molecule has 0 saturated heterocycles. The Hall–Kier alpha value is -4.25. The third-order valence-corrected chi connectivity index (χ3v) is 7.55. The first kappa shape index (κ1) is 27.0. The Labute approximate surface area is 255 Å². The number of hydrogen-bond donors (Lipinski definition) is 0. The van der Waals surface area contributed by atoms with E-state index in [0.717, 1.165) is 55.0 Å². The van der Waals surface area contributed by atoms with Crippen LogP contribution in [0.25, 0.3) is 22.3 Å². The Morgan fingerprint density at radius 1 is 0.561 bits per heavy atom. The van der Waals surface area contributed by atoms with E-state index >= 15 is 0 Å². The van der Waals surface area contributed by atoms with Crippen molar-refractivity contribution in [2.45, 2.75) is 0 Å². The molecule has 0 aliphatic carbocycles. The molecule has 0 N–H and O–H groups in total. The molecule has 0 aliphatic heterocycles. The molecule has 41 heavy (non-hydrogen) atoms. The molecule has 0 bridgehead atoms. The topological polar surface area (TPSA) is 12.5 Å². The van der Waals surface area contributed by atoms with Crippen LogP contribution in [0.15, 0.2) is 150 Å². The number of anilines is 3. The molecule has 198 valence electrons. The molecule has 0 unspecified atom stereocenters. The zero-order valence-electron chi connectivity index (χ0n) is 22.5. The van der Waals surface area contributed by atoms with Gasteiger partial charge in [0.25, 0.3) is 0 Å². The summed E-state index contributed by atoms with van der Waals surface area (Å²) in [5.74, 6) is 1.43. The van der Waals surface area contributed by atoms with E-state index in [-0.39, 0.29) is 0 Å². The largest absolute Gasteiger partial charge is 0.457 e. The summed E-state index contributed by atoms with van der Waals surface area (Å²) >= 11 is 10.5. The number of hydrogen-bond acceptors (Lipinski definition) is 2. The Morgan fingerprint density at radius 2 is 1.20 bits per heavy atom. The van der Waals surface area contributed by atoms with Crippen LogP contribution in [0.5, 0.6) is 11.5 Å². The predicted molar refractivity (Wildman–Crippen MR) is 179 cm³/mol. The molecule has 0 radical (unpaired) electrons. The predicted octanol–water partition coefficient (Wildman–Crippen LogP) is 9.96. The standard InChI is InChI=1S/C36H26BBrClNO/c37-27-14-7-17-32(20-27)41-33-23-29(39)22-31(24-33)40(30-16-8-15-28(38)21-30)36-34(25-10-3-1-4-11-25)18-9-19-35(36)26-12-5-2-6-13-26/h1-24H,37H2. The van der Waals surface area contributed by atoms with Gasteiger partial charge in [-0.25, -0.2) is 0 Å². The molecule has 0 amide bonds. The summed E-state index contributed by atoms with van der Waals surface area (Å²) in [6, 6.07) is 49.7. The van der Waals surface area contributed by atoms with Gasteiger partial charge in [0.1, 0.15) is 19.3 Å². The third-order valence-electron chi connectivity index (χ3n) is 6.84. The molecule has 0 aromatic heterocycles. The average molecular weight is 615 g/mol. The summed E-state index contributed by atoms with van der Waals surface area (Å²) in [6.45, 7) is 0. The van der Waals surface area contributed by atoms with Gasteiger partial charge in [0, 0.05) is 32.4 Å². The first-order chi connectivity index (χ1) is 20.0. The van der Waals surface area contributed by atoms with E-state index in [9.17, 15) is 0 Å². The molecule has 6 rings (SSSR count). The SMILES string of the molecule is Bc1cccc(Oc2cc(Cl)cc(N(c3cccc(Br)c3)c3c(-c4ccccc4)cccc3-c3ccccc3)c2)c1. The van der Waals surface area contributed by atoms with Crippen LogP contribution in [0.3, 0.4) is 0 Å². The molecular formula is C36H26BBrClNO. The van der Waals surface area contributed by atoms with Crippen molar-refractivity contribution >= 4 is 57.9 Å². The fraction of sp³-hybridized carbons (Fsp3) is 0. The van der Waals surface area contributed by atoms with Crippen molar-refractivity contribution in [3.8, 4) is 33.8 Å². The molecule has 0 heterocycles. The van der Waals surface area contributed by atoms with Gasteiger partial charge in [-0.15, -0.1) is 0 Å². The summed E-state index contributed by atoms with van der Waals surface area (Å²) in [7, 11) is 2.05. The number of nitrogens with zero attached hydrogens (tertiary/aromatic N) is 1. The minimum absolute atomic E-state index is 0.587. The molecule has 0 aliphatic rings. The summed E-state index contributed by atoms with van der Waals surface area (Å²) < 4.78 is 7.32. The molecule has 6 aromatic rings. The van der Waals surface area contributed by atoms with E-state index in [2.05, 4.69) is 120 Å². The van der Waals surface area contributed by atoms with Crippen molar-refractivity contribution in [3.63, 3.8) is 0 Å². The fourth-order valence-corrected chi connectivity index (χ4v) is 5.67. The van der Waals surface area contributed by atoms with Gasteiger partial charge in [0.2, 0.25) is 0 Å². The fourth-order valence-electron chi connectivity index (χ4n) is 5.06. The third kappa shape index (κ3) is 6.10. The molecule has 5 heteroatoms. The maximum absolute atomic E-state index is 6.80. The van der Waals surface area contributed by atoms with Crippen LogP contribution in [0.2, 0.25) is 5.02 Å². The summed E-state index contributed by atoms with van der Waals surface area (Å²) in [6.07, 6.45) is 0. The van der Waals surface area contributed by atoms with Gasteiger partial charge in [-0.2, -0.15) is 0 Å².